The van der Waals surface area contributed by atoms with Crippen LogP contribution < -0.4 is 15.2 Å². The van der Waals surface area contributed by atoms with Crippen molar-refractivity contribution in [1.29, 1.82) is 0 Å². The molecule has 10 nitrogen and oxygen atoms in total. The van der Waals surface area contributed by atoms with Crippen LogP contribution in [0.2, 0.25) is 5.02 Å². The zero-order chi connectivity index (χ0) is 22.2. The van der Waals surface area contributed by atoms with E-state index in [0.717, 1.165) is 38.8 Å². The summed E-state index contributed by atoms with van der Waals surface area (Å²) in [6, 6.07) is 2.11. The number of likely N-dealkylation sites (tertiary alicyclic amines) is 2. The van der Waals surface area contributed by atoms with Crippen LogP contribution in [-0.2, 0) is 0 Å². The molecule has 0 atom stereocenters. The standard InChI is InChI=1S/C21H26ClN5O5/c22-15-11-14(17-18(16(15)23)31-10-9-30-17)20-25-24-19(32-20)12-1-5-26(6-2-12)13-3-7-27(8-4-13)21(28)29/h11-13H,1-10,23H2,(H,28,29). The van der Waals surface area contributed by atoms with Crippen molar-refractivity contribution in [3.8, 4) is 23.0 Å². The zero-order valence-corrected chi connectivity index (χ0v) is 18.4. The van der Waals surface area contributed by atoms with Gasteiger partial charge in [0.25, 0.3) is 5.89 Å². The Morgan fingerprint density at radius 2 is 1.75 bits per heavy atom. The number of anilines is 1. The quantitative estimate of drug-likeness (QED) is 0.660. The van der Waals surface area contributed by atoms with Gasteiger partial charge in [0, 0.05) is 25.0 Å². The summed E-state index contributed by atoms with van der Waals surface area (Å²) in [5.41, 5.74) is 6.95. The topological polar surface area (TPSA) is 127 Å². The molecule has 2 saturated heterocycles. The molecule has 1 aromatic carbocycles. The lowest BCUT2D eigenvalue weighted by molar-refractivity contribution is 0.0790. The number of benzene rings is 1. The van der Waals surface area contributed by atoms with E-state index in [-0.39, 0.29) is 5.92 Å². The third kappa shape index (κ3) is 3.93. The summed E-state index contributed by atoms with van der Waals surface area (Å²) in [4.78, 5) is 15.1. The van der Waals surface area contributed by atoms with E-state index in [0.29, 0.717) is 71.9 Å². The largest absolute Gasteiger partial charge is 0.485 e. The molecule has 0 radical (unpaired) electrons. The number of nitrogen functional groups attached to an aromatic ring is 1. The van der Waals surface area contributed by atoms with Crippen molar-refractivity contribution in [3.05, 3.63) is 17.0 Å². The fourth-order valence-corrected chi connectivity index (χ4v) is 4.99. The SMILES string of the molecule is Nc1c(Cl)cc(-c2nnc(C3CCN(C4CCN(C(=O)O)CC4)CC3)o2)c2c1OCCO2. The number of rotatable bonds is 3. The molecule has 1 amide bonds. The highest BCUT2D eigenvalue weighted by molar-refractivity contribution is 6.34. The molecule has 0 spiro atoms. The van der Waals surface area contributed by atoms with Crippen molar-refractivity contribution in [2.75, 3.05) is 45.1 Å². The molecule has 0 aliphatic carbocycles. The monoisotopic (exact) mass is 463 g/mol. The maximum Gasteiger partial charge on any atom is 0.407 e. The van der Waals surface area contributed by atoms with E-state index in [1.165, 1.54) is 4.90 Å². The molecule has 2 aromatic rings. The summed E-state index contributed by atoms with van der Waals surface area (Å²) >= 11 is 6.28. The highest BCUT2D eigenvalue weighted by Gasteiger charge is 2.32. The Morgan fingerprint density at radius 1 is 1.06 bits per heavy atom. The maximum absolute atomic E-state index is 11.1. The molecular weight excluding hydrogens is 438 g/mol. The average Bonchev–Trinajstić information content (AvgIpc) is 3.32. The molecule has 0 bridgehead atoms. The molecule has 172 valence electrons. The average molecular weight is 464 g/mol. The smallest absolute Gasteiger partial charge is 0.407 e. The number of fused-ring (bicyclic) bond motifs is 1. The van der Waals surface area contributed by atoms with Crippen LogP contribution in [0.15, 0.2) is 10.5 Å². The molecular formula is C21H26ClN5O5. The number of ether oxygens (including phenoxy) is 2. The lowest BCUT2D eigenvalue weighted by Crippen LogP contribution is -2.48. The van der Waals surface area contributed by atoms with E-state index < -0.39 is 6.09 Å². The highest BCUT2D eigenvalue weighted by atomic mass is 35.5. The zero-order valence-electron chi connectivity index (χ0n) is 17.6. The van der Waals surface area contributed by atoms with Gasteiger partial charge in [0.2, 0.25) is 5.89 Å². The van der Waals surface area contributed by atoms with Gasteiger partial charge < -0.3 is 34.5 Å². The van der Waals surface area contributed by atoms with Gasteiger partial charge in [0.1, 0.15) is 13.2 Å². The van der Waals surface area contributed by atoms with E-state index in [1.807, 2.05) is 0 Å². The minimum atomic E-state index is -0.824. The maximum atomic E-state index is 11.1. The molecule has 11 heteroatoms. The second-order valence-corrected chi connectivity index (χ2v) is 8.84. The van der Waals surface area contributed by atoms with Gasteiger partial charge in [0.15, 0.2) is 11.5 Å². The molecule has 5 rings (SSSR count). The number of hydrogen-bond acceptors (Lipinski definition) is 8. The van der Waals surface area contributed by atoms with Gasteiger partial charge in [-0.1, -0.05) is 11.6 Å². The van der Waals surface area contributed by atoms with Crippen molar-refractivity contribution < 1.29 is 23.8 Å². The van der Waals surface area contributed by atoms with Crippen molar-refractivity contribution in [2.24, 2.45) is 0 Å². The Kier molecular flexibility index (Phi) is 5.73. The van der Waals surface area contributed by atoms with Gasteiger partial charge in [-0.2, -0.15) is 0 Å². The summed E-state index contributed by atoms with van der Waals surface area (Å²) in [5, 5.41) is 18.0. The predicted molar refractivity (Wildman–Crippen MR) is 116 cm³/mol. The first kappa shape index (κ1) is 21.1. The minimum Gasteiger partial charge on any atom is -0.485 e. The van der Waals surface area contributed by atoms with Crippen LogP contribution in [0.3, 0.4) is 0 Å². The van der Waals surface area contributed by atoms with E-state index in [2.05, 4.69) is 15.1 Å². The van der Waals surface area contributed by atoms with E-state index in [4.69, 9.17) is 36.3 Å². The van der Waals surface area contributed by atoms with Crippen molar-refractivity contribution in [1.82, 2.24) is 20.0 Å². The second-order valence-electron chi connectivity index (χ2n) is 8.43. The first-order chi connectivity index (χ1) is 15.5. The number of carbonyl (C=O) groups is 1. The lowest BCUT2D eigenvalue weighted by Gasteiger charge is -2.40. The Hall–Kier alpha value is -2.72. The van der Waals surface area contributed by atoms with Crippen LogP contribution in [0, 0.1) is 0 Å². The van der Waals surface area contributed by atoms with Crippen LogP contribution >= 0.6 is 11.6 Å². The third-order valence-electron chi connectivity index (χ3n) is 6.60. The second kappa shape index (κ2) is 8.67. The fraction of sp³-hybridized carbons (Fsp3) is 0.571. The fourth-order valence-electron chi connectivity index (χ4n) is 4.80. The number of piperidine rings is 2. The van der Waals surface area contributed by atoms with Gasteiger partial charge in [-0.05, 0) is 44.8 Å². The van der Waals surface area contributed by atoms with Crippen molar-refractivity contribution in [2.45, 2.75) is 37.6 Å². The summed E-state index contributed by atoms with van der Waals surface area (Å²) in [6.45, 7) is 3.88. The molecule has 3 aliphatic heterocycles. The van der Waals surface area contributed by atoms with Gasteiger partial charge in [-0.15, -0.1) is 10.2 Å². The molecule has 3 N–H and O–H groups in total. The van der Waals surface area contributed by atoms with Crippen LogP contribution in [0.5, 0.6) is 11.5 Å². The first-order valence-electron chi connectivity index (χ1n) is 10.9. The highest BCUT2D eigenvalue weighted by Crippen LogP contribution is 2.47. The number of halogens is 1. The minimum absolute atomic E-state index is 0.184. The number of aromatic nitrogens is 2. The summed E-state index contributed by atoms with van der Waals surface area (Å²) in [5.74, 6) is 2.03. The number of nitrogens with zero attached hydrogens (tertiary/aromatic N) is 4. The number of hydrogen-bond donors (Lipinski definition) is 2. The third-order valence-corrected chi connectivity index (χ3v) is 6.91. The van der Waals surface area contributed by atoms with Gasteiger partial charge in [0.05, 0.1) is 16.3 Å². The van der Waals surface area contributed by atoms with Crippen LogP contribution in [0.1, 0.15) is 37.5 Å². The Labute approximate surface area is 190 Å². The predicted octanol–water partition coefficient (Wildman–Crippen LogP) is 3.07. The Bertz CT molecular complexity index is 999. The summed E-state index contributed by atoms with van der Waals surface area (Å²) in [7, 11) is 0. The lowest BCUT2D eigenvalue weighted by atomic mass is 9.93. The number of nitrogens with two attached hydrogens (primary N) is 1. The van der Waals surface area contributed by atoms with Crippen molar-refractivity contribution >= 4 is 23.4 Å². The summed E-state index contributed by atoms with van der Waals surface area (Å²) in [6.07, 6.45) is 2.77. The van der Waals surface area contributed by atoms with Crippen LogP contribution in [0.25, 0.3) is 11.5 Å². The van der Waals surface area contributed by atoms with Gasteiger partial charge in [-0.3, -0.25) is 0 Å². The first-order valence-corrected chi connectivity index (χ1v) is 11.3. The van der Waals surface area contributed by atoms with Gasteiger partial charge in [-0.25, -0.2) is 4.79 Å². The molecule has 3 aliphatic rings. The van der Waals surface area contributed by atoms with Crippen LogP contribution in [0.4, 0.5) is 10.5 Å². The Morgan fingerprint density at radius 3 is 2.44 bits per heavy atom. The normalized spacial score (nSPS) is 20.5. The molecule has 1 aromatic heterocycles. The molecule has 0 saturated carbocycles. The van der Waals surface area contributed by atoms with Crippen LogP contribution in [-0.4, -0.2) is 76.6 Å². The van der Waals surface area contributed by atoms with Crippen molar-refractivity contribution in [3.63, 3.8) is 0 Å². The van der Waals surface area contributed by atoms with Gasteiger partial charge >= 0.3 is 6.09 Å². The number of carboxylic acid groups (broad SMARTS) is 1. The van der Waals surface area contributed by atoms with E-state index in [1.54, 1.807) is 6.07 Å². The molecule has 4 heterocycles. The molecule has 0 unspecified atom stereocenters. The van der Waals surface area contributed by atoms with E-state index in [9.17, 15) is 4.79 Å². The molecule has 32 heavy (non-hydrogen) atoms. The Balaban J connectivity index is 1.25. The molecule has 2 fully saturated rings. The van der Waals surface area contributed by atoms with E-state index >= 15 is 0 Å². The summed E-state index contributed by atoms with van der Waals surface area (Å²) < 4.78 is 17.5. The number of amides is 1.